The van der Waals surface area contributed by atoms with Crippen molar-refractivity contribution in [1.82, 2.24) is 20.2 Å². The van der Waals surface area contributed by atoms with Crippen LogP contribution in [0.5, 0.6) is 0 Å². The molecule has 6 nitrogen and oxygen atoms in total. The van der Waals surface area contributed by atoms with Crippen LogP contribution in [0.15, 0.2) is 35.4 Å². The number of hydrogen-bond acceptors (Lipinski definition) is 3. The first-order valence-electron chi connectivity index (χ1n) is 7.26. The minimum Gasteiger partial charge on any atom is -0.336 e. The summed E-state index contributed by atoms with van der Waals surface area (Å²) in [6.07, 6.45) is 1.47. The van der Waals surface area contributed by atoms with Crippen molar-refractivity contribution >= 4 is 6.03 Å². The Kier molecular flexibility index (Phi) is 5.46. The third-order valence-corrected chi connectivity index (χ3v) is 3.52. The molecular weight excluding hydrogens is 299 g/mol. The van der Waals surface area contributed by atoms with E-state index in [0.29, 0.717) is 30.9 Å². The summed E-state index contributed by atoms with van der Waals surface area (Å²) in [6, 6.07) is 5.55. The van der Waals surface area contributed by atoms with Crippen molar-refractivity contribution in [1.29, 1.82) is 0 Å². The Hall–Kier alpha value is -2.70. The molecule has 1 aromatic carbocycles. The number of benzene rings is 1. The van der Waals surface area contributed by atoms with Gasteiger partial charge < -0.3 is 10.6 Å². The molecule has 2 N–H and O–H groups in total. The first kappa shape index (κ1) is 16.7. The Morgan fingerprint density at radius 3 is 2.61 bits per heavy atom. The van der Waals surface area contributed by atoms with Crippen LogP contribution in [-0.2, 0) is 13.1 Å². The van der Waals surface area contributed by atoms with Crippen molar-refractivity contribution in [2.24, 2.45) is 0 Å². The van der Waals surface area contributed by atoms with Crippen molar-refractivity contribution in [3.63, 3.8) is 0 Å². The highest BCUT2D eigenvalue weighted by atomic mass is 19.1. The van der Waals surface area contributed by atoms with Gasteiger partial charge in [-0.25, -0.2) is 14.2 Å². The summed E-state index contributed by atoms with van der Waals surface area (Å²) in [7, 11) is 0. The van der Waals surface area contributed by atoms with E-state index in [1.807, 2.05) is 0 Å². The molecule has 7 heteroatoms. The van der Waals surface area contributed by atoms with Crippen LogP contribution in [0.3, 0.4) is 0 Å². The Bertz CT molecular complexity index is 741. The topological polar surface area (TPSA) is 76.0 Å². The van der Waals surface area contributed by atoms with E-state index in [4.69, 9.17) is 0 Å². The minimum absolute atomic E-state index is 0.106. The number of amides is 2. The number of halogens is 1. The molecule has 0 fully saturated rings. The molecule has 2 amide bonds. The number of nitrogens with zero attached hydrogens (tertiary/aromatic N) is 2. The molecule has 0 aliphatic heterocycles. The van der Waals surface area contributed by atoms with E-state index in [-0.39, 0.29) is 17.4 Å². The number of carbonyl (C=O) groups excluding carboxylic acids is 1. The van der Waals surface area contributed by atoms with Crippen LogP contribution >= 0.6 is 0 Å². The number of nitrogens with one attached hydrogen (secondary N) is 2. The average Bonchev–Trinajstić information content (AvgIpc) is 2.54. The molecule has 0 saturated heterocycles. The standard InChI is InChI=1S/C16H19FN4O2/c1-11-12(2)20-10-21(15(11)22)8-7-18-16(23)19-9-13-3-5-14(17)6-4-13/h3-6,10H,7-9H2,1-2H3,(H2,18,19,23). The smallest absolute Gasteiger partial charge is 0.315 e. The highest BCUT2D eigenvalue weighted by molar-refractivity contribution is 5.73. The first-order valence-corrected chi connectivity index (χ1v) is 7.26. The zero-order valence-electron chi connectivity index (χ0n) is 13.1. The van der Waals surface area contributed by atoms with Gasteiger partial charge in [0.25, 0.3) is 5.56 Å². The van der Waals surface area contributed by atoms with Crippen LogP contribution in [0, 0.1) is 19.7 Å². The number of rotatable bonds is 5. The highest BCUT2D eigenvalue weighted by Gasteiger charge is 2.05. The van der Waals surface area contributed by atoms with E-state index >= 15 is 0 Å². The number of aromatic nitrogens is 2. The summed E-state index contributed by atoms with van der Waals surface area (Å²) < 4.78 is 14.2. The second-order valence-corrected chi connectivity index (χ2v) is 5.19. The molecular formula is C16H19FN4O2. The number of hydrogen-bond donors (Lipinski definition) is 2. The van der Waals surface area contributed by atoms with Crippen molar-refractivity contribution in [3.05, 3.63) is 63.6 Å². The van der Waals surface area contributed by atoms with Gasteiger partial charge in [0.1, 0.15) is 5.82 Å². The second kappa shape index (κ2) is 7.53. The monoisotopic (exact) mass is 318 g/mol. The van der Waals surface area contributed by atoms with Crippen LogP contribution in [0.2, 0.25) is 0 Å². The van der Waals surface area contributed by atoms with E-state index in [1.165, 1.54) is 23.0 Å². The molecule has 0 spiro atoms. The zero-order valence-corrected chi connectivity index (χ0v) is 13.1. The number of carbonyl (C=O) groups is 1. The molecule has 0 bridgehead atoms. The van der Waals surface area contributed by atoms with Crippen LogP contribution in [-0.4, -0.2) is 22.1 Å². The van der Waals surface area contributed by atoms with E-state index < -0.39 is 0 Å². The van der Waals surface area contributed by atoms with Crippen LogP contribution in [0.4, 0.5) is 9.18 Å². The van der Waals surface area contributed by atoms with E-state index in [0.717, 1.165) is 5.56 Å². The van der Waals surface area contributed by atoms with E-state index in [2.05, 4.69) is 15.6 Å². The molecule has 0 aliphatic carbocycles. The van der Waals surface area contributed by atoms with Crippen molar-refractivity contribution < 1.29 is 9.18 Å². The summed E-state index contributed by atoms with van der Waals surface area (Å²) in [6.45, 7) is 4.46. The van der Waals surface area contributed by atoms with Gasteiger partial charge in [0, 0.05) is 30.9 Å². The molecule has 23 heavy (non-hydrogen) atoms. The van der Waals surface area contributed by atoms with Crippen LogP contribution < -0.4 is 16.2 Å². The number of aryl methyl sites for hydroxylation is 1. The molecule has 2 rings (SSSR count). The summed E-state index contributed by atoms with van der Waals surface area (Å²) in [5, 5.41) is 5.33. The molecule has 1 heterocycles. The average molecular weight is 318 g/mol. The Morgan fingerprint density at radius 1 is 1.22 bits per heavy atom. The largest absolute Gasteiger partial charge is 0.336 e. The van der Waals surface area contributed by atoms with Gasteiger partial charge in [-0.3, -0.25) is 9.36 Å². The predicted molar refractivity (Wildman–Crippen MR) is 84.6 cm³/mol. The lowest BCUT2D eigenvalue weighted by atomic mass is 10.2. The van der Waals surface area contributed by atoms with E-state index in [9.17, 15) is 14.0 Å². The minimum atomic E-state index is -0.348. The molecule has 122 valence electrons. The highest BCUT2D eigenvalue weighted by Crippen LogP contribution is 2.01. The lowest BCUT2D eigenvalue weighted by Gasteiger charge is -2.10. The summed E-state index contributed by atoms with van der Waals surface area (Å²) in [5.41, 5.74) is 2.01. The first-order chi connectivity index (χ1) is 11.0. The fourth-order valence-corrected chi connectivity index (χ4v) is 1.97. The zero-order chi connectivity index (χ0) is 16.8. The molecule has 0 atom stereocenters. The third kappa shape index (κ3) is 4.64. The predicted octanol–water partition coefficient (Wildman–Crippen LogP) is 1.50. The maximum absolute atomic E-state index is 12.8. The van der Waals surface area contributed by atoms with Gasteiger partial charge in [-0.05, 0) is 31.5 Å². The summed E-state index contributed by atoms with van der Waals surface area (Å²) >= 11 is 0. The molecule has 0 aliphatic rings. The van der Waals surface area contributed by atoms with Gasteiger partial charge in [-0.2, -0.15) is 0 Å². The Labute approximate surface area is 133 Å². The van der Waals surface area contributed by atoms with Crippen molar-refractivity contribution in [2.45, 2.75) is 26.9 Å². The van der Waals surface area contributed by atoms with Crippen molar-refractivity contribution in [3.8, 4) is 0 Å². The van der Waals surface area contributed by atoms with Crippen molar-refractivity contribution in [2.75, 3.05) is 6.54 Å². The Balaban J connectivity index is 1.78. The fourth-order valence-electron chi connectivity index (χ4n) is 1.97. The molecule has 0 radical (unpaired) electrons. The van der Waals surface area contributed by atoms with Crippen LogP contribution in [0.25, 0.3) is 0 Å². The number of urea groups is 1. The lowest BCUT2D eigenvalue weighted by molar-refractivity contribution is 0.240. The normalized spacial score (nSPS) is 10.4. The molecule has 0 unspecified atom stereocenters. The van der Waals surface area contributed by atoms with Gasteiger partial charge >= 0.3 is 6.03 Å². The molecule has 2 aromatic rings. The van der Waals surface area contributed by atoms with E-state index in [1.54, 1.807) is 26.0 Å². The fraction of sp³-hybridized carbons (Fsp3) is 0.312. The van der Waals surface area contributed by atoms with Gasteiger partial charge in [-0.1, -0.05) is 12.1 Å². The quantitative estimate of drug-likeness (QED) is 0.877. The SMILES string of the molecule is Cc1ncn(CCNC(=O)NCc2ccc(F)cc2)c(=O)c1C. The van der Waals surface area contributed by atoms with Crippen LogP contribution in [0.1, 0.15) is 16.8 Å². The third-order valence-electron chi connectivity index (χ3n) is 3.52. The van der Waals surface area contributed by atoms with Gasteiger partial charge in [0.15, 0.2) is 0 Å². The van der Waals surface area contributed by atoms with Gasteiger partial charge in [0.05, 0.1) is 6.33 Å². The van der Waals surface area contributed by atoms with Gasteiger partial charge in [-0.15, -0.1) is 0 Å². The lowest BCUT2D eigenvalue weighted by Crippen LogP contribution is -2.38. The molecule has 1 aromatic heterocycles. The maximum Gasteiger partial charge on any atom is 0.315 e. The second-order valence-electron chi connectivity index (χ2n) is 5.19. The maximum atomic E-state index is 12.8. The summed E-state index contributed by atoms with van der Waals surface area (Å²) in [4.78, 5) is 27.8. The molecule has 0 saturated carbocycles. The Morgan fingerprint density at radius 2 is 1.91 bits per heavy atom. The summed E-state index contributed by atoms with van der Waals surface area (Å²) in [5.74, 6) is -0.314. The van der Waals surface area contributed by atoms with Gasteiger partial charge in [0.2, 0.25) is 0 Å².